The highest BCUT2D eigenvalue weighted by atomic mass is 32.2. The van der Waals surface area contributed by atoms with Crippen LogP contribution in [0.3, 0.4) is 0 Å². The summed E-state index contributed by atoms with van der Waals surface area (Å²) in [6.07, 6.45) is 0.217. The number of carbonyl (C=O) groups excluding carboxylic acids is 1. The van der Waals surface area contributed by atoms with Gasteiger partial charge in [-0.3, -0.25) is 14.9 Å². The molecule has 0 atom stereocenters. The van der Waals surface area contributed by atoms with Gasteiger partial charge in [-0.05, 0) is 12.1 Å². The van der Waals surface area contributed by atoms with Crippen LogP contribution in [0, 0.1) is 10.1 Å². The molecule has 0 aromatic heterocycles. The Kier molecular flexibility index (Phi) is 5.59. The molecule has 0 fully saturated rings. The van der Waals surface area contributed by atoms with Crippen LogP contribution < -0.4 is 4.72 Å². The monoisotopic (exact) mass is 302 g/mol. The molecule has 0 heterocycles. The largest absolute Gasteiger partial charge is 0.464 e. The summed E-state index contributed by atoms with van der Waals surface area (Å²) in [5, 5.41) is 10.5. The number of nitrogens with one attached hydrogen (secondary N) is 1. The number of rotatable bonds is 7. The van der Waals surface area contributed by atoms with Crippen LogP contribution in [-0.4, -0.2) is 32.5 Å². The van der Waals surface area contributed by atoms with Crippen LogP contribution >= 0.6 is 0 Å². The van der Waals surface area contributed by atoms with E-state index in [0.29, 0.717) is 0 Å². The Balaban J connectivity index is 2.60. The fraction of sp³-hybridized carbons (Fsp3) is 0.364. The van der Waals surface area contributed by atoms with Crippen LogP contribution in [0.15, 0.2) is 29.2 Å². The first-order valence-corrected chi connectivity index (χ1v) is 7.25. The number of esters is 1. The Labute approximate surface area is 115 Å². The van der Waals surface area contributed by atoms with E-state index >= 15 is 0 Å². The van der Waals surface area contributed by atoms with E-state index in [1.165, 1.54) is 0 Å². The summed E-state index contributed by atoms with van der Waals surface area (Å²) in [5.74, 6) is -0.417. The van der Waals surface area contributed by atoms with Gasteiger partial charge in [0.25, 0.3) is 5.69 Å². The zero-order valence-electron chi connectivity index (χ0n) is 10.7. The van der Waals surface area contributed by atoms with Gasteiger partial charge in [0.2, 0.25) is 10.0 Å². The zero-order valence-corrected chi connectivity index (χ0v) is 11.6. The van der Waals surface area contributed by atoms with Crippen molar-refractivity contribution in [1.29, 1.82) is 0 Å². The third-order valence-electron chi connectivity index (χ3n) is 2.30. The second-order valence-electron chi connectivity index (χ2n) is 3.72. The van der Waals surface area contributed by atoms with Crippen LogP contribution in [0.25, 0.3) is 0 Å². The number of nitro groups is 1. The number of benzene rings is 1. The van der Waals surface area contributed by atoms with Crippen LogP contribution in [0.1, 0.15) is 13.3 Å². The molecule has 0 aliphatic rings. The predicted octanol–water partition coefficient (Wildman–Crippen LogP) is 0.826. The second-order valence-corrected chi connectivity index (χ2v) is 5.49. The van der Waals surface area contributed by atoms with Gasteiger partial charge in [-0.25, -0.2) is 13.1 Å². The number of nitrogens with zero attached hydrogens (tertiary/aromatic N) is 1. The molecule has 110 valence electrons. The van der Waals surface area contributed by atoms with Crippen LogP contribution in [0.5, 0.6) is 0 Å². The van der Waals surface area contributed by atoms with Crippen molar-refractivity contribution in [3.8, 4) is 0 Å². The lowest BCUT2D eigenvalue weighted by Crippen LogP contribution is -2.28. The summed E-state index contributed by atoms with van der Waals surface area (Å²) < 4.78 is 30.6. The van der Waals surface area contributed by atoms with E-state index in [-0.39, 0.29) is 30.2 Å². The summed E-state index contributed by atoms with van der Waals surface area (Å²) in [4.78, 5) is 20.6. The maximum Gasteiger partial charge on any atom is 0.305 e. The summed E-state index contributed by atoms with van der Waals surface area (Å²) in [6, 6.07) is 4.48. The van der Waals surface area contributed by atoms with Crippen molar-refractivity contribution >= 4 is 21.7 Å². The van der Waals surface area contributed by atoms with Gasteiger partial charge >= 0.3 is 5.97 Å². The van der Waals surface area contributed by atoms with Crippen LogP contribution in [0.4, 0.5) is 5.69 Å². The lowest BCUT2D eigenvalue weighted by molar-refractivity contribution is -0.384. The van der Waals surface area contributed by atoms with Crippen molar-refractivity contribution < 1.29 is 22.9 Å². The molecule has 0 aliphatic carbocycles. The van der Waals surface area contributed by atoms with Gasteiger partial charge in [-0.1, -0.05) is 6.92 Å². The van der Waals surface area contributed by atoms with E-state index in [9.17, 15) is 23.3 Å². The zero-order chi connectivity index (χ0) is 15.2. The fourth-order valence-corrected chi connectivity index (χ4v) is 2.29. The summed E-state index contributed by atoms with van der Waals surface area (Å²) >= 11 is 0. The van der Waals surface area contributed by atoms with Gasteiger partial charge in [0.1, 0.15) is 6.61 Å². The van der Waals surface area contributed by atoms with E-state index in [0.717, 1.165) is 24.3 Å². The highest BCUT2D eigenvalue weighted by Crippen LogP contribution is 2.15. The number of nitro benzene ring substituents is 1. The van der Waals surface area contributed by atoms with Crippen molar-refractivity contribution in [3.63, 3.8) is 0 Å². The normalized spacial score (nSPS) is 11.1. The number of carbonyl (C=O) groups is 1. The average Bonchev–Trinajstić information content (AvgIpc) is 2.43. The molecule has 8 nitrogen and oxygen atoms in total. The molecular weight excluding hydrogens is 288 g/mol. The first kappa shape index (κ1) is 16.1. The van der Waals surface area contributed by atoms with Gasteiger partial charge < -0.3 is 4.74 Å². The topological polar surface area (TPSA) is 116 Å². The molecule has 0 saturated carbocycles. The van der Waals surface area contributed by atoms with Crippen molar-refractivity contribution in [2.24, 2.45) is 0 Å². The first-order chi connectivity index (χ1) is 9.36. The fourth-order valence-electron chi connectivity index (χ4n) is 1.27. The molecule has 0 amide bonds. The Morgan fingerprint density at radius 2 is 1.95 bits per heavy atom. The highest BCUT2D eigenvalue weighted by Gasteiger charge is 2.15. The lowest BCUT2D eigenvalue weighted by Gasteiger charge is -2.07. The van der Waals surface area contributed by atoms with E-state index in [4.69, 9.17) is 4.74 Å². The molecule has 0 unspecified atom stereocenters. The molecule has 0 spiro atoms. The van der Waals surface area contributed by atoms with E-state index in [1.807, 2.05) is 0 Å². The quantitative estimate of drug-likeness (QED) is 0.345. The molecule has 1 aromatic carbocycles. The van der Waals surface area contributed by atoms with Crippen molar-refractivity contribution in [1.82, 2.24) is 4.72 Å². The Morgan fingerprint density at radius 1 is 1.35 bits per heavy atom. The molecule has 0 radical (unpaired) electrons. The smallest absolute Gasteiger partial charge is 0.305 e. The Bertz CT molecular complexity index is 581. The third-order valence-corrected chi connectivity index (χ3v) is 3.78. The number of ether oxygens (including phenoxy) is 1. The van der Waals surface area contributed by atoms with Gasteiger partial charge in [0.05, 0.1) is 9.82 Å². The molecule has 0 saturated heterocycles. The maximum absolute atomic E-state index is 11.8. The highest BCUT2D eigenvalue weighted by molar-refractivity contribution is 7.89. The molecular formula is C11H14N2O6S. The number of hydrogen-bond donors (Lipinski definition) is 1. The first-order valence-electron chi connectivity index (χ1n) is 5.76. The third kappa shape index (κ3) is 4.59. The molecule has 1 rings (SSSR count). The standard InChI is InChI=1S/C11H14N2O6S/c1-2-11(14)19-8-7-12-20(17,18)10-5-3-9(4-6-10)13(15)16/h3-6,12H,2,7-8H2,1H3. The lowest BCUT2D eigenvalue weighted by atomic mass is 10.3. The summed E-state index contributed by atoms with van der Waals surface area (Å²) in [6.45, 7) is 1.49. The minimum Gasteiger partial charge on any atom is -0.464 e. The van der Waals surface area contributed by atoms with E-state index in [1.54, 1.807) is 6.92 Å². The molecule has 0 aliphatic heterocycles. The van der Waals surface area contributed by atoms with Crippen LogP contribution in [-0.2, 0) is 19.6 Å². The van der Waals surface area contributed by atoms with Crippen LogP contribution in [0.2, 0.25) is 0 Å². The van der Waals surface area contributed by atoms with Crippen molar-refractivity contribution in [2.75, 3.05) is 13.2 Å². The number of sulfonamides is 1. The number of non-ortho nitro benzene ring substituents is 1. The predicted molar refractivity (Wildman–Crippen MR) is 69.5 cm³/mol. The Morgan fingerprint density at radius 3 is 2.45 bits per heavy atom. The molecule has 1 aromatic rings. The summed E-state index contributed by atoms with van der Waals surface area (Å²) in [7, 11) is -3.77. The van der Waals surface area contributed by atoms with E-state index in [2.05, 4.69) is 4.72 Å². The molecule has 9 heteroatoms. The minimum absolute atomic E-state index is 0.0644. The number of hydrogen-bond acceptors (Lipinski definition) is 6. The van der Waals surface area contributed by atoms with E-state index < -0.39 is 20.9 Å². The average molecular weight is 302 g/mol. The Hall–Kier alpha value is -2.00. The van der Waals surface area contributed by atoms with Gasteiger partial charge in [0.15, 0.2) is 0 Å². The van der Waals surface area contributed by atoms with Gasteiger partial charge in [0, 0.05) is 25.1 Å². The minimum atomic E-state index is -3.77. The molecule has 20 heavy (non-hydrogen) atoms. The summed E-state index contributed by atoms with van der Waals surface area (Å²) in [5.41, 5.74) is -0.194. The molecule has 1 N–H and O–H groups in total. The maximum atomic E-state index is 11.8. The van der Waals surface area contributed by atoms with Crippen molar-refractivity contribution in [3.05, 3.63) is 34.4 Å². The van der Waals surface area contributed by atoms with Gasteiger partial charge in [-0.15, -0.1) is 0 Å². The van der Waals surface area contributed by atoms with Crippen molar-refractivity contribution in [2.45, 2.75) is 18.2 Å². The SMILES string of the molecule is CCC(=O)OCCNS(=O)(=O)c1ccc([N+](=O)[O-])cc1. The van der Waals surface area contributed by atoms with Gasteiger partial charge in [-0.2, -0.15) is 0 Å². The second kappa shape index (κ2) is 6.96. The molecule has 0 bridgehead atoms.